The maximum atomic E-state index is 11.8. The fourth-order valence-corrected chi connectivity index (χ4v) is 2.98. The number of fused-ring (bicyclic) bond motifs is 1. The summed E-state index contributed by atoms with van der Waals surface area (Å²) in [6, 6.07) is 9.59. The zero-order valence-electron chi connectivity index (χ0n) is 11.9. The van der Waals surface area contributed by atoms with E-state index in [2.05, 4.69) is 10.3 Å². The van der Waals surface area contributed by atoms with Gasteiger partial charge < -0.3 is 9.73 Å². The van der Waals surface area contributed by atoms with Gasteiger partial charge in [0, 0.05) is 17.8 Å². The van der Waals surface area contributed by atoms with Crippen LogP contribution >= 0.6 is 11.3 Å². The minimum absolute atomic E-state index is 0.0580. The number of oxazole rings is 1. The normalized spacial score (nSPS) is 10.9. The Labute approximate surface area is 131 Å². The standard InChI is InChI=1S/C16H16N2O3S/c19-15(6-4-12-2-1-9-22-12)17-8-7-11-3-5-13-14(10-11)21-16(20)18-13/h1-3,5,9-10H,4,6-8H2,(H,17,19)(H,18,20). The highest BCUT2D eigenvalue weighted by molar-refractivity contribution is 7.09. The molecular formula is C16H16N2O3S. The van der Waals surface area contributed by atoms with Gasteiger partial charge in [-0.25, -0.2) is 4.79 Å². The number of aryl methyl sites for hydroxylation is 1. The van der Waals surface area contributed by atoms with E-state index in [0.29, 0.717) is 30.5 Å². The second kappa shape index (κ2) is 6.62. The molecule has 0 spiro atoms. The van der Waals surface area contributed by atoms with Gasteiger partial charge in [-0.05, 0) is 42.0 Å². The molecule has 0 bridgehead atoms. The van der Waals surface area contributed by atoms with E-state index < -0.39 is 5.76 Å². The maximum absolute atomic E-state index is 11.8. The maximum Gasteiger partial charge on any atom is 0.417 e. The molecular weight excluding hydrogens is 300 g/mol. The van der Waals surface area contributed by atoms with Crippen LogP contribution in [0.3, 0.4) is 0 Å². The van der Waals surface area contributed by atoms with Crippen LogP contribution in [0, 0.1) is 0 Å². The molecule has 1 amide bonds. The molecule has 0 fully saturated rings. The number of aromatic nitrogens is 1. The van der Waals surface area contributed by atoms with Crippen LogP contribution in [-0.4, -0.2) is 17.4 Å². The van der Waals surface area contributed by atoms with Gasteiger partial charge in [-0.15, -0.1) is 11.3 Å². The van der Waals surface area contributed by atoms with E-state index >= 15 is 0 Å². The summed E-state index contributed by atoms with van der Waals surface area (Å²) in [4.78, 5) is 26.7. The second-order valence-electron chi connectivity index (χ2n) is 5.02. The van der Waals surface area contributed by atoms with E-state index in [-0.39, 0.29) is 5.91 Å². The molecule has 2 N–H and O–H groups in total. The van der Waals surface area contributed by atoms with Gasteiger partial charge in [-0.1, -0.05) is 12.1 Å². The van der Waals surface area contributed by atoms with Crippen molar-refractivity contribution in [2.45, 2.75) is 19.3 Å². The van der Waals surface area contributed by atoms with Gasteiger partial charge in [0.25, 0.3) is 0 Å². The highest BCUT2D eigenvalue weighted by Crippen LogP contribution is 2.13. The highest BCUT2D eigenvalue weighted by atomic mass is 32.1. The lowest BCUT2D eigenvalue weighted by atomic mass is 10.1. The Morgan fingerprint density at radius 2 is 2.18 bits per heavy atom. The van der Waals surface area contributed by atoms with Crippen molar-refractivity contribution in [1.29, 1.82) is 0 Å². The summed E-state index contributed by atoms with van der Waals surface area (Å²) in [5.41, 5.74) is 2.26. The first-order valence-corrected chi connectivity index (χ1v) is 7.99. The molecule has 0 unspecified atom stereocenters. The first kappa shape index (κ1) is 14.6. The molecule has 5 nitrogen and oxygen atoms in total. The Balaban J connectivity index is 1.47. The Hall–Kier alpha value is -2.34. The summed E-state index contributed by atoms with van der Waals surface area (Å²) in [5, 5.41) is 4.93. The Morgan fingerprint density at radius 3 is 3.00 bits per heavy atom. The molecule has 0 atom stereocenters. The SMILES string of the molecule is O=C(CCc1cccs1)NCCc1ccc2[nH]c(=O)oc2c1. The van der Waals surface area contributed by atoms with E-state index in [1.54, 1.807) is 11.3 Å². The summed E-state index contributed by atoms with van der Waals surface area (Å²) in [6.45, 7) is 0.573. The Bertz CT molecular complexity index is 817. The van der Waals surface area contributed by atoms with Gasteiger partial charge in [0.05, 0.1) is 5.52 Å². The van der Waals surface area contributed by atoms with Gasteiger partial charge in [-0.3, -0.25) is 9.78 Å². The quantitative estimate of drug-likeness (QED) is 0.733. The van der Waals surface area contributed by atoms with E-state index in [9.17, 15) is 9.59 Å². The van der Waals surface area contributed by atoms with Crippen molar-refractivity contribution in [2.75, 3.05) is 6.54 Å². The lowest BCUT2D eigenvalue weighted by Gasteiger charge is -2.05. The van der Waals surface area contributed by atoms with Crippen LogP contribution < -0.4 is 11.1 Å². The van der Waals surface area contributed by atoms with E-state index in [1.165, 1.54) is 4.88 Å². The molecule has 0 aliphatic carbocycles. The largest absolute Gasteiger partial charge is 0.417 e. The molecule has 3 aromatic rings. The lowest BCUT2D eigenvalue weighted by molar-refractivity contribution is -0.121. The Morgan fingerprint density at radius 1 is 1.27 bits per heavy atom. The third-order valence-electron chi connectivity index (χ3n) is 3.40. The molecule has 1 aromatic carbocycles. The van der Waals surface area contributed by atoms with E-state index in [4.69, 9.17) is 4.42 Å². The molecule has 0 radical (unpaired) electrons. The number of thiophene rings is 1. The van der Waals surface area contributed by atoms with Gasteiger partial charge in [0.1, 0.15) is 0 Å². The fraction of sp³-hybridized carbons (Fsp3) is 0.250. The number of nitrogens with one attached hydrogen (secondary N) is 2. The molecule has 6 heteroatoms. The van der Waals surface area contributed by atoms with Crippen LogP contribution in [0.5, 0.6) is 0 Å². The summed E-state index contributed by atoms with van der Waals surface area (Å²) in [6.07, 6.45) is 1.99. The van der Waals surface area contributed by atoms with Gasteiger partial charge in [0.2, 0.25) is 5.91 Å². The molecule has 22 heavy (non-hydrogen) atoms. The molecule has 0 saturated heterocycles. The highest BCUT2D eigenvalue weighted by Gasteiger charge is 2.05. The van der Waals surface area contributed by atoms with Crippen molar-refractivity contribution in [3.8, 4) is 0 Å². The van der Waals surface area contributed by atoms with Crippen molar-refractivity contribution in [3.63, 3.8) is 0 Å². The summed E-state index contributed by atoms with van der Waals surface area (Å²) >= 11 is 1.67. The monoisotopic (exact) mass is 316 g/mol. The van der Waals surface area contributed by atoms with Gasteiger partial charge >= 0.3 is 5.76 Å². The lowest BCUT2D eigenvalue weighted by Crippen LogP contribution is -2.25. The average molecular weight is 316 g/mol. The summed E-state index contributed by atoms with van der Waals surface area (Å²) in [5.74, 6) is -0.392. The molecule has 3 rings (SSSR count). The van der Waals surface area contributed by atoms with Gasteiger partial charge in [-0.2, -0.15) is 0 Å². The van der Waals surface area contributed by atoms with Crippen LogP contribution in [-0.2, 0) is 17.6 Å². The van der Waals surface area contributed by atoms with Crippen LogP contribution in [0.2, 0.25) is 0 Å². The number of amides is 1. The number of rotatable bonds is 6. The zero-order valence-corrected chi connectivity index (χ0v) is 12.7. The van der Waals surface area contributed by atoms with Crippen LogP contribution in [0.1, 0.15) is 16.9 Å². The van der Waals surface area contributed by atoms with Crippen LogP contribution in [0.4, 0.5) is 0 Å². The van der Waals surface area contributed by atoms with Crippen LogP contribution in [0.25, 0.3) is 11.1 Å². The number of carbonyl (C=O) groups is 1. The summed E-state index contributed by atoms with van der Waals surface area (Å²) < 4.78 is 5.02. The number of hydrogen-bond acceptors (Lipinski definition) is 4. The minimum atomic E-state index is -0.450. The molecule has 114 valence electrons. The minimum Gasteiger partial charge on any atom is -0.408 e. The number of benzene rings is 1. The average Bonchev–Trinajstić information content (AvgIpc) is 3.12. The number of carbonyl (C=O) groups excluding carboxylic acids is 1. The predicted octanol–water partition coefficient (Wildman–Crippen LogP) is 2.47. The molecule has 0 aliphatic heterocycles. The van der Waals surface area contributed by atoms with Gasteiger partial charge in [0.15, 0.2) is 5.58 Å². The number of H-pyrrole nitrogens is 1. The first-order chi connectivity index (χ1) is 10.7. The Kier molecular flexibility index (Phi) is 4.39. The number of aromatic amines is 1. The third kappa shape index (κ3) is 3.65. The number of hydrogen-bond donors (Lipinski definition) is 2. The molecule has 2 aromatic heterocycles. The smallest absolute Gasteiger partial charge is 0.408 e. The van der Waals surface area contributed by atoms with Crippen LogP contribution in [0.15, 0.2) is 44.9 Å². The van der Waals surface area contributed by atoms with Crippen molar-refractivity contribution in [2.24, 2.45) is 0 Å². The molecule has 0 aliphatic rings. The first-order valence-electron chi connectivity index (χ1n) is 7.11. The predicted molar refractivity (Wildman–Crippen MR) is 86.2 cm³/mol. The fourth-order valence-electron chi connectivity index (χ4n) is 2.27. The third-order valence-corrected chi connectivity index (χ3v) is 4.34. The topological polar surface area (TPSA) is 75.1 Å². The van der Waals surface area contributed by atoms with E-state index in [1.807, 2.05) is 35.7 Å². The molecule has 0 saturated carbocycles. The van der Waals surface area contributed by atoms with Crippen molar-refractivity contribution >= 4 is 28.3 Å². The van der Waals surface area contributed by atoms with Crippen molar-refractivity contribution in [3.05, 3.63) is 56.7 Å². The molecule has 2 heterocycles. The summed E-state index contributed by atoms with van der Waals surface area (Å²) in [7, 11) is 0. The van der Waals surface area contributed by atoms with Crippen molar-refractivity contribution in [1.82, 2.24) is 10.3 Å². The zero-order chi connectivity index (χ0) is 15.4. The van der Waals surface area contributed by atoms with E-state index in [0.717, 1.165) is 12.0 Å². The second-order valence-corrected chi connectivity index (χ2v) is 6.06. The van der Waals surface area contributed by atoms with Crippen molar-refractivity contribution < 1.29 is 9.21 Å².